The zero-order valence-corrected chi connectivity index (χ0v) is 17.1. The van der Waals surface area contributed by atoms with Crippen molar-refractivity contribution < 1.29 is 19.0 Å². The maximum atomic E-state index is 12.9. The minimum atomic E-state index is 0.0423. The Hall–Kier alpha value is -2.73. The van der Waals surface area contributed by atoms with E-state index in [9.17, 15) is 4.79 Å². The molecule has 29 heavy (non-hydrogen) atoms. The predicted molar refractivity (Wildman–Crippen MR) is 111 cm³/mol. The molecule has 154 valence electrons. The Morgan fingerprint density at radius 2 is 1.90 bits per heavy atom. The highest BCUT2D eigenvalue weighted by Crippen LogP contribution is 2.29. The van der Waals surface area contributed by atoms with Gasteiger partial charge in [-0.2, -0.15) is 0 Å². The third kappa shape index (κ3) is 4.32. The van der Waals surface area contributed by atoms with E-state index in [0.29, 0.717) is 23.7 Å². The molecule has 0 bridgehead atoms. The van der Waals surface area contributed by atoms with E-state index in [0.717, 1.165) is 51.5 Å². The van der Waals surface area contributed by atoms with Gasteiger partial charge < -0.3 is 19.1 Å². The molecule has 0 unspecified atom stereocenters. The van der Waals surface area contributed by atoms with Crippen LogP contribution in [0.4, 0.5) is 0 Å². The molecule has 2 aliphatic rings. The maximum absolute atomic E-state index is 12.9. The van der Waals surface area contributed by atoms with Crippen molar-refractivity contribution >= 4 is 5.91 Å². The molecular formula is C23H28N2O4. The van der Waals surface area contributed by atoms with Crippen LogP contribution in [0.2, 0.25) is 0 Å². The van der Waals surface area contributed by atoms with Crippen molar-refractivity contribution in [1.82, 2.24) is 9.80 Å². The van der Waals surface area contributed by atoms with E-state index in [1.165, 1.54) is 11.1 Å². The molecular weight excluding hydrogens is 368 g/mol. The average molecular weight is 396 g/mol. The van der Waals surface area contributed by atoms with E-state index in [-0.39, 0.29) is 5.91 Å². The maximum Gasteiger partial charge on any atom is 0.254 e. The minimum absolute atomic E-state index is 0.0423. The van der Waals surface area contributed by atoms with Crippen LogP contribution in [0.1, 0.15) is 28.4 Å². The summed E-state index contributed by atoms with van der Waals surface area (Å²) in [6, 6.07) is 11.9. The molecule has 1 amide bonds. The molecule has 2 heterocycles. The highest BCUT2D eigenvalue weighted by molar-refractivity contribution is 5.95. The van der Waals surface area contributed by atoms with Gasteiger partial charge in [0.2, 0.25) is 0 Å². The first-order valence-electron chi connectivity index (χ1n) is 10.2. The lowest BCUT2D eigenvalue weighted by Gasteiger charge is -2.35. The fourth-order valence-corrected chi connectivity index (χ4v) is 3.96. The molecule has 0 aromatic heterocycles. The van der Waals surface area contributed by atoms with Gasteiger partial charge in [0.25, 0.3) is 5.91 Å². The van der Waals surface area contributed by atoms with E-state index in [1.807, 2.05) is 24.0 Å². The molecule has 0 spiro atoms. The van der Waals surface area contributed by atoms with Gasteiger partial charge in [0, 0.05) is 44.7 Å². The van der Waals surface area contributed by atoms with E-state index >= 15 is 0 Å². The summed E-state index contributed by atoms with van der Waals surface area (Å²) in [5.41, 5.74) is 3.25. The van der Waals surface area contributed by atoms with Gasteiger partial charge >= 0.3 is 0 Å². The Balaban J connectivity index is 1.35. The molecule has 0 atom stereocenters. The zero-order valence-electron chi connectivity index (χ0n) is 17.1. The van der Waals surface area contributed by atoms with E-state index in [4.69, 9.17) is 14.2 Å². The molecule has 6 nitrogen and oxygen atoms in total. The second kappa shape index (κ2) is 8.74. The minimum Gasteiger partial charge on any atom is -0.493 e. The van der Waals surface area contributed by atoms with Crippen LogP contribution in [0.25, 0.3) is 0 Å². The van der Waals surface area contributed by atoms with Crippen LogP contribution in [0.15, 0.2) is 36.4 Å². The van der Waals surface area contributed by atoms with Crippen molar-refractivity contribution in [3.8, 4) is 17.2 Å². The lowest BCUT2D eigenvalue weighted by Crippen LogP contribution is -2.48. The van der Waals surface area contributed by atoms with Crippen LogP contribution in [-0.4, -0.2) is 62.2 Å². The fraction of sp³-hybridized carbons (Fsp3) is 0.435. The normalized spacial score (nSPS) is 16.3. The molecule has 2 aromatic carbocycles. The molecule has 0 aliphatic carbocycles. The monoisotopic (exact) mass is 396 g/mol. The fourth-order valence-electron chi connectivity index (χ4n) is 3.96. The van der Waals surface area contributed by atoms with Crippen molar-refractivity contribution in [2.24, 2.45) is 0 Å². The second-order valence-electron chi connectivity index (χ2n) is 7.41. The summed E-state index contributed by atoms with van der Waals surface area (Å²) < 4.78 is 16.5. The molecule has 4 rings (SSSR count). The number of rotatable bonds is 6. The summed E-state index contributed by atoms with van der Waals surface area (Å²) >= 11 is 0. The molecule has 2 aromatic rings. The molecule has 0 saturated carbocycles. The van der Waals surface area contributed by atoms with Gasteiger partial charge in [-0.05, 0) is 42.3 Å². The van der Waals surface area contributed by atoms with Crippen molar-refractivity contribution in [3.63, 3.8) is 0 Å². The van der Waals surface area contributed by atoms with Crippen LogP contribution in [0, 0.1) is 0 Å². The Bertz CT molecular complexity index is 875. The standard InChI is InChI=1S/C23H28N2O4/c1-3-28-21-7-5-19(15-22(21)27-2)23(26)25-11-9-24(10-12-25)16-17-4-6-20-18(14-17)8-13-29-20/h4-7,14-15H,3,8-13,16H2,1-2H3. The second-order valence-corrected chi connectivity index (χ2v) is 7.41. The number of piperazine rings is 1. The lowest BCUT2D eigenvalue weighted by atomic mass is 10.1. The number of benzene rings is 2. The van der Waals surface area contributed by atoms with E-state index in [2.05, 4.69) is 23.1 Å². The summed E-state index contributed by atoms with van der Waals surface area (Å²) in [5, 5.41) is 0. The van der Waals surface area contributed by atoms with Gasteiger partial charge in [-0.25, -0.2) is 0 Å². The van der Waals surface area contributed by atoms with Gasteiger partial charge in [-0.1, -0.05) is 12.1 Å². The van der Waals surface area contributed by atoms with Crippen LogP contribution in [0.5, 0.6) is 17.2 Å². The highest BCUT2D eigenvalue weighted by Gasteiger charge is 2.23. The summed E-state index contributed by atoms with van der Waals surface area (Å²) in [6.07, 6.45) is 0.997. The Labute approximate surface area is 172 Å². The number of hydrogen-bond acceptors (Lipinski definition) is 5. The van der Waals surface area contributed by atoms with Gasteiger partial charge in [-0.3, -0.25) is 9.69 Å². The van der Waals surface area contributed by atoms with Crippen molar-refractivity contribution in [2.45, 2.75) is 19.9 Å². The number of methoxy groups -OCH3 is 1. The van der Waals surface area contributed by atoms with Crippen molar-refractivity contribution in [3.05, 3.63) is 53.1 Å². The van der Waals surface area contributed by atoms with Crippen LogP contribution in [-0.2, 0) is 13.0 Å². The summed E-state index contributed by atoms with van der Waals surface area (Å²) in [5.74, 6) is 2.32. The van der Waals surface area contributed by atoms with E-state index < -0.39 is 0 Å². The van der Waals surface area contributed by atoms with Crippen molar-refractivity contribution in [2.75, 3.05) is 46.5 Å². The van der Waals surface area contributed by atoms with Gasteiger partial charge in [0.15, 0.2) is 11.5 Å². The average Bonchev–Trinajstić information content (AvgIpc) is 3.22. The Kier molecular flexibility index (Phi) is 5.90. The van der Waals surface area contributed by atoms with Gasteiger partial charge in [0.1, 0.15) is 5.75 Å². The van der Waals surface area contributed by atoms with Crippen LogP contribution < -0.4 is 14.2 Å². The Morgan fingerprint density at radius 1 is 1.07 bits per heavy atom. The van der Waals surface area contributed by atoms with Crippen molar-refractivity contribution in [1.29, 1.82) is 0 Å². The van der Waals surface area contributed by atoms with Crippen LogP contribution >= 0.6 is 0 Å². The van der Waals surface area contributed by atoms with E-state index in [1.54, 1.807) is 13.2 Å². The lowest BCUT2D eigenvalue weighted by molar-refractivity contribution is 0.0628. The number of nitrogens with zero attached hydrogens (tertiary/aromatic N) is 2. The zero-order chi connectivity index (χ0) is 20.2. The predicted octanol–water partition coefficient (Wildman–Crippen LogP) is 2.99. The first kappa shape index (κ1) is 19.6. The molecule has 1 saturated heterocycles. The number of ether oxygens (including phenoxy) is 3. The first-order chi connectivity index (χ1) is 14.2. The van der Waals surface area contributed by atoms with Gasteiger partial charge in [0.05, 0.1) is 20.3 Å². The highest BCUT2D eigenvalue weighted by atomic mass is 16.5. The molecule has 6 heteroatoms. The topological polar surface area (TPSA) is 51.2 Å². The summed E-state index contributed by atoms with van der Waals surface area (Å²) in [6.45, 7) is 7.37. The third-order valence-corrected chi connectivity index (χ3v) is 5.53. The number of hydrogen-bond donors (Lipinski definition) is 0. The number of carbonyl (C=O) groups excluding carboxylic acids is 1. The number of fused-ring (bicyclic) bond motifs is 1. The molecule has 0 radical (unpaired) electrons. The number of carbonyl (C=O) groups is 1. The van der Waals surface area contributed by atoms with Gasteiger partial charge in [-0.15, -0.1) is 0 Å². The summed E-state index contributed by atoms with van der Waals surface area (Å²) in [4.78, 5) is 17.2. The van der Waals surface area contributed by atoms with Crippen LogP contribution in [0.3, 0.4) is 0 Å². The first-order valence-corrected chi connectivity index (χ1v) is 10.2. The smallest absolute Gasteiger partial charge is 0.254 e. The molecule has 1 fully saturated rings. The largest absolute Gasteiger partial charge is 0.493 e. The Morgan fingerprint density at radius 3 is 2.66 bits per heavy atom. The number of amides is 1. The third-order valence-electron chi connectivity index (χ3n) is 5.53. The summed E-state index contributed by atoms with van der Waals surface area (Å²) in [7, 11) is 1.59. The molecule has 0 N–H and O–H groups in total. The molecule has 2 aliphatic heterocycles. The quantitative estimate of drug-likeness (QED) is 0.751. The SMILES string of the molecule is CCOc1ccc(C(=O)N2CCN(Cc3ccc4c(c3)CCO4)CC2)cc1OC.